The second-order valence-electron chi connectivity index (χ2n) is 8.63. The van der Waals surface area contributed by atoms with Crippen molar-refractivity contribution in [3.8, 4) is 0 Å². The molecule has 3 atom stereocenters. The maximum absolute atomic E-state index is 12.5. The fraction of sp³-hybridized carbons (Fsp3) is 0.348. The number of hydrogen-bond donors (Lipinski definition) is 2. The third kappa shape index (κ3) is 3.14. The number of carboxylic acids is 2. The topological polar surface area (TPSA) is 105 Å². The van der Waals surface area contributed by atoms with Gasteiger partial charge in [0, 0.05) is 67.0 Å². The number of carboxylic acid groups (broad SMARTS) is 2. The van der Waals surface area contributed by atoms with Gasteiger partial charge in [0.2, 0.25) is 0 Å². The Morgan fingerprint density at radius 3 is 2.65 bits per heavy atom. The highest BCUT2D eigenvalue weighted by Crippen LogP contribution is 2.40. The normalized spacial score (nSPS) is 21.6. The number of hydrogen-bond acceptors (Lipinski definition) is 4. The lowest BCUT2D eigenvalue weighted by molar-refractivity contribution is -0.144. The predicted octanol–water partition coefficient (Wildman–Crippen LogP) is 2.28. The zero-order valence-corrected chi connectivity index (χ0v) is 17.1. The zero-order chi connectivity index (χ0) is 21.9. The lowest BCUT2D eigenvalue weighted by atomic mass is 9.82. The molecule has 1 saturated heterocycles. The van der Waals surface area contributed by atoms with E-state index in [1.165, 1.54) is 6.07 Å². The van der Waals surface area contributed by atoms with Crippen LogP contribution in [0.4, 0.5) is 0 Å². The summed E-state index contributed by atoms with van der Waals surface area (Å²) in [6, 6.07) is 9.21. The molecule has 8 heteroatoms. The Balaban J connectivity index is 1.58. The Hall–Kier alpha value is -3.39. The Bertz CT molecular complexity index is 1270. The fourth-order valence-electron chi connectivity index (χ4n) is 5.40. The summed E-state index contributed by atoms with van der Waals surface area (Å²) in [6.07, 6.45) is 2.73. The first-order chi connectivity index (χ1) is 14.8. The molecule has 2 aliphatic rings. The van der Waals surface area contributed by atoms with E-state index in [9.17, 15) is 24.6 Å². The SMILES string of the molecule is Cn1cc(C(C(=O)O)N2C[C@H]3C[C@@H](C2)c2cccc(=O)n2C3)c2cc(C(=O)O)ccc21. The van der Waals surface area contributed by atoms with E-state index in [1.54, 1.807) is 30.5 Å². The van der Waals surface area contributed by atoms with E-state index >= 15 is 0 Å². The first-order valence-corrected chi connectivity index (χ1v) is 10.3. The number of nitrogens with zero attached hydrogens (tertiary/aromatic N) is 3. The third-order valence-corrected chi connectivity index (χ3v) is 6.67. The molecule has 0 saturated carbocycles. The highest BCUT2D eigenvalue weighted by atomic mass is 16.4. The summed E-state index contributed by atoms with van der Waals surface area (Å²) in [4.78, 5) is 38.2. The van der Waals surface area contributed by atoms with Crippen molar-refractivity contribution in [2.45, 2.75) is 24.9 Å². The number of pyridine rings is 1. The van der Waals surface area contributed by atoms with E-state index in [-0.39, 0.29) is 23.0 Å². The van der Waals surface area contributed by atoms with Crippen molar-refractivity contribution in [2.24, 2.45) is 13.0 Å². The van der Waals surface area contributed by atoms with Gasteiger partial charge in [0.1, 0.15) is 6.04 Å². The van der Waals surface area contributed by atoms with Crippen molar-refractivity contribution in [1.29, 1.82) is 0 Å². The number of aryl methyl sites for hydroxylation is 1. The van der Waals surface area contributed by atoms with Crippen molar-refractivity contribution in [3.05, 3.63) is 69.8 Å². The molecule has 0 aliphatic carbocycles. The minimum atomic E-state index is -1.04. The molecule has 0 spiro atoms. The van der Waals surface area contributed by atoms with Gasteiger partial charge in [-0.15, -0.1) is 0 Å². The second kappa shape index (κ2) is 7.09. The van der Waals surface area contributed by atoms with Crippen molar-refractivity contribution >= 4 is 22.8 Å². The maximum Gasteiger partial charge on any atom is 0.335 e. The highest BCUT2D eigenvalue weighted by Gasteiger charge is 2.40. The largest absolute Gasteiger partial charge is 0.480 e. The highest BCUT2D eigenvalue weighted by molar-refractivity contribution is 5.96. The van der Waals surface area contributed by atoms with E-state index in [1.807, 2.05) is 27.1 Å². The van der Waals surface area contributed by atoms with Crippen LogP contribution in [0.1, 0.15) is 40.0 Å². The van der Waals surface area contributed by atoms with E-state index in [0.29, 0.717) is 30.6 Å². The van der Waals surface area contributed by atoms with Gasteiger partial charge in [-0.3, -0.25) is 14.5 Å². The minimum absolute atomic E-state index is 0.00862. The van der Waals surface area contributed by atoms with Gasteiger partial charge in [0.15, 0.2) is 0 Å². The molecular weight excluding hydrogens is 398 g/mol. The predicted molar refractivity (Wildman–Crippen MR) is 113 cm³/mol. The third-order valence-electron chi connectivity index (χ3n) is 6.67. The zero-order valence-electron chi connectivity index (χ0n) is 17.1. The number of piperidine rings is 1. The van der Waals surface area contributed by atoms with Gasteiger partial charge in [-0.05, 0) is 36.6 Å². The van der Waals surface area contributed by atoms with E-state index in [4.69, 9.17) is 0 Å². The number of aromatic nitrogens is 2. The summed E-state index contributed by atoms with van der Waals surface area (Å²) in [6.45, 7) is 1.70. The van der Waals surface area contributed by atoms with Crippen molar-refractivity contribution in [1.82, 2.24) is 14.0 Å². The van der Waals surface area contributed by atoms with Crippen LogP contribution in [0, 0.1) is 5.92 Å². The molecule has 0 radical (unpaired) electrons. The molecule has 2 bridgehead atoms. The lowest BCUT2D eigenvalue weighted by Gasteiger charge is -2.44. The van der Waals surface area contributed by atoms with Gasteiger partial charge in [-0.1, -0.05) is 6.07 Å². The average molecular weight is 421 g/mol. The molecule has 1 fully saturated rings. The van der Waals surface area contributed by atoms with Crippen molar-refractivity contribution in [3.63, 3.8) is 0 Å². The van der Waals surface area contributed by atoms with Crippen LogP contribution in [0.15, 0.2) is 47.4 Å². The average Bonchev–Trinajstić information content (AvgIpc) is 3.04. The van der Waals surface area contributed by atoms with Crippen LogP contribution in [0.3, 0.4) is 0 Å². The molecular formula is C23H23N3O5. The van der Waals surface area contributed by atoms with Crippen molar-refractivity contribution < 1.29 is 19.8 Å². The van der Waals surface area contributed by atoms with Crippen LogP contribution in [-0.2, 0) is 18.4 Å². The molecule has 1 unspecified atom stereocenters. The summed E-state index contributed by atoms with van der Waals surface area (Å²) >= 11 is 0. The van der Waals surface area contributed by atoms with Crippen LogP contribution >= 0.6 is 0 Å². The van der Waals surface area contributed by atoms with Gasteiger partial charge < -0.3 is 19.3 Å². The Morgan fingerprint density at radius 2 is 1.90 bits per heavy atom. The molecule has 5 rings (SSSR count). The molecule has 0 amide bonds. The number of fused-ring (bicyclic) bond motifs is 5. The smallest absolute Gasteiger partial charge is 0.335 e. The number of benzene rings is 1. The molecule has 2 N–H and O–H groups in total. The summed E-state index contributed by atoms with van der Waals surface area (Å²) in [5.74, 6) is -1.72. The number of aromatic carboxylic acids is 1. The fourth-order valence-corrected chi connectivity index (χ4v) is 5.40. The summed E-state index contributed by atoms with van der Waals surface area (Å²) in [5.41, 5.74) is 2.47. The molecule has 3 aromatic rings. The van der Waals surface area contributed by atoms with Gasteiger partial charge in [0.25, 0.3) is 5.56 Å². The molecule has 2 aliphatic heterocycles. The molecule has 8 nitrogen and oxygen atoms in total. The van der Waals surface area contributed by atoms with E-state index in [2.05, 4.69) is 0 Å². The molecule has 160 valence electrons. The molecule has 31 heavy (non-hydrogen) atoms. The van der Waals surface area contributed by atoms with Crippen LogP contribution < -0.4 is 5.56 Å². The number of carbonyl (C=O) groups is 2. The van der Waals surface area contributed by atoms with Crippen LogP contribution in [-0.4, -0.2) is 49.3 Å². The van der Waals surface area contributed by atoms with Gasteiger partial charge in [-0.2, -0.15) is 0 Å². The maximum atomic E-state index is 12.5. The Kier molecular flexibility index (Phi) is 4.48. The monoisotopic (exact) mass is 421 g/mol. The first-order valence-electron chi connectivity index (χ1n) is 10.3. The number of rotatable bonds is 4. The van der Waals surface area contributed by atoms with Crippen LogP contribution in [0.2, 0.25) is 0 Å². The van der Waals surface area contributed by atoms with Gasteiger partial charge in [-0.25, -0.2) is 4.79 Å². The van der Waals surface area contributed by atoms with Crippen LogP contribution in [0.5, 0.6) is 0 Å². The Morgan fingerprint density at radius 1 is 1.10 bits per heavy atom. The standard InChI is InChI=1S/C23H23N3O5/c1-24-12-17(16-8-14(22(28)29)5-6-19(16)24)21(23(30)31)25-9-13-7-15(11-25)18-3-2-4-20(27)26(18)10-13/h2-6,8,12-13,15,21H,7,9-11H2,1H3,(H,28,29)(H,30,31)/t13-,15+,21?/m1/s1. The van der Waals surface area contributed by atoms with Gasteiger partial charge >= 0.3 is 11.9 Å². The second-order valence-corrected chi connectivity index (χ2v) is 8.63. The van der Waals surface area contributed by atoms with E-state index in [0.717, 1.165) is 17.6 Å². The first kappa shape index (κ1) is 19.6. The number of likely N-dealkylation sites (tertiary alicyclic amines) is 1. The Labute approximate surface area is 177 Å². The van der Waals surface area contributed by atoms with Gasteiger partial charge in [0.05, 0.1) is 5.56 Å². The molecule has 1 aromatic carbocycles. The quantitative estimate of drug-likeness (QED) is 0.670. The van der Waals surface area contributed by atoms with Crippen LogP contribution in [0.25, 0.3) is 10.9 Å². The minimum Gasteiger partial charge on any atom is -0.480 e. The summed E-state index contributed by atoms with van der Waals surface area (Å²) in [7, 11) is 1.83. The summed E-state index contributed by atoms with van der Waals surface area (Å²) < 4.78 is 3.66. The molecule has 2 aromatic heterocycles. The van der Waals surface area contributed by atoms with E-state index < -0.39 is 18.0 Å². The van der Waals surface area contributed by atoms with Crippen molar-refractivity contribution in [2.75, 3.05) is 13.1 Å². The molecule has 4 heterocycles. The lowest BCUT2D eigenvalue weighted by Crippen LogP contribution is -2.49. The summed E-state index contributed by atoms with van der Waals surface area (Å²) in [5, 5.41) is 20.2. The number of aliphatic carboxylic acids is 1.